The van der Waals surface area contributed by atoms with E-state index in [4.69, 9.17) is 9.47 Å². The zero-order valence-electron chi connectivity index (χ0n) is 14.3. The Kier molecular flexibility index (Phi) is 4.93. The molecule has 0 aliphatic carbocycles. The van der Waals surface area contributed by atoms with Gasteiger partial charge in [-0.05, 0) is 20.8 Å². The van der Waals surface area contributed by atoms with Crippen molar-refractivity contribution in [3.05, 3.63) is 17.5 Å². The Hall–Kier alpha value is -2.09. The second-order valence-corrected chi connectivity index (χ2v) is 6.49. The van der Waals surface area contributed by atoms with Gasteiger partial charge in [-0.2, -0.15) is 5.10 Å². The van der Waals surface area contributed by atoms with Crippen LogP contribution in [-0.4, -0.2) is 59.1 Å². The highest BCUT2D eigenvalue weighted by Crippen LogP contribution is 2.27. The standard InChI is InChI=1S/C15H24N4O4/c1-15(2,3)23-14(21)19-7-6-16-8-11(19)10-9-18(4)17-12(10)13(20)22-5/h9,11,16H,6-8H2,1-5H3. The average Bonchev–Trinajstić information content (AvgIpc) is 2.86. The third kappa shape index (κ3) is 4.01. The summed E-state index contributed by atoms with van der Waals surface area (Å²) >= 11 is 0. The lowest BCUT2D eigenvalue weighted by Gasteiger charge is -2.37. The molecule has 1 atom stereocenters. The van der Waals surface area contributed by atoms with Crippen molar-refractivity contribution in [2.75, 3.05) is 26.7 Å². The molecule has 2 rings (SSSR count). The summed E-state index contributed by atoms with van der Waals surface area (Å²) in [6.07, 6.45) is 1.34. The Morgan fingerprint density at radius 2 is 2.09 bits per heavy atom. The van der Waals surface area contributed by atoms with Crippen molar-refractivity contribution >= 4 is 12.1 Å². The fraction of sp³-hybridized carbons (Fsp3) is 0.667. The number of rotatable bonds is 2. The minimum Gasteiger partial charge on any atom is -0.464 e. The van der Waals surface area contributed by atoms with E-state index in [9.17, 15) is 9.59 Å². The number of aryl methyl sites for hydroxylation is 1. The van der Waals surface area contributed by atoms with E-state index in [1.807, 2.05) is 20.8 Å². The van der Waals surface area contributed by atoms with Crippen molar-refractivity contribution in [1.82, 2.24) is 20.0 Å². The fourth-order valence-corrected chi connectivity index (χ4v) is 2.53. The number of methoxy groups -OCH3 is 1. The molecule has 0 radical (unpaired) electrons. The number of hydrogen-bond donors (Lipinski definition) is 1. The highest BCUT2D eigenvalue weighted by molar-refractivity contribution is 5.89. The molecule has 8 heteroatoms. The molecular weight excluding hydrogens is 300 g/mol. The molecule has 1 N–H and O–H groups in total. The van der Waals surface area contributed by atoms with E-state index in [2.05, 4.69) is 10.4 Å². The maximum absolute atomic E-state index is 12.5. The van der Waals surface area contributed by atoms with E-state index >= 15 is 0 Å². The van der Waals surface area contributed by atoms with Gasteiger partial charge in [-0.3, -0.25) is 9.58 Å². The minimum absolute atomic E-state index is 0.220. The predicted octanol–water partition coefficient (Wildman–Crippen LogP) is 1.09. The molecule has 128 valence electrons. The molecule has 1 unspecified atom stereocenters. The number of piperazine rings is 1. The molecule has 1 aliphatic heterocycles. The predicted molar refractivity (Wildman–Crippen MR) is 83.1 cm³/mol. The largest absolute Gasteiger partial charge is 0.464 e. The van der Waals surface area contributed by atoms with Crippen molar-refractivity contribution in [2.24, 2.45) is 7.05 Å². The molecule has 1 aliphatic rings. The number of carbonyl (C=O) groups excluding carboxylic acids is 2. The number of nitrogens with zero attached hydrogens (tertiary/aromatic N) is 3. The van der Waals surface area contributed by atoms with Crippen molar-refractivity contribution in [3.63, 3.8) is 0 Å². The van der Waals surface area contributed by atoms with E-state index in [1.54, 1.807) is 22.8 Å². The van der Waals surface area contributed by atoms with Crippen LogP contribution in [-0.2, 0) is 16.5 Å². The lowest BCUT2D eigenvalue weighted by molar-refractivity contribution is 0.0114. The number of amides is 1. The van der Waals surface area contributed by atoms with Gasteiger partial charge in [-0.1, -0.05) is 0 Å². The first kappa shape index (κ1) is 17.3. The molecule has 0 spiro atoms. The zero-order chi connectivity index (χ0) is 17.2. The Balaban J connectivity index is 2.32. The van der Waals surface area contributed by atoms with Gasteiger partial charge in [0.25, 0.3) is 0 Å². The molecule has 1 fully saturated rings. The van der Waals surface area contributed by atoms with Crippen LogP contribution in [0.1, 0.15) is 42.9 Å². The van der Waals surface area contributed by atoms with Gasteiger partial charge in [0.05, 0.1) is 13.2 Å². The van der Waals surface area contributed by atoms with Crippen LogP contribution in [0.15, 0.2) is 6.20 Å². The molecule has 0 saturated carbocycles. The molecule has 1 aromatic rings. The number of carbonyl (C=O) groups is 2. The summed E-state index contributed by atoms with van der Waals surface area (Å²) in [5.41, 5.74) is 0.293. The van der Waals surface area contributed by atoms with Crippen LogP contribution in [0.2, 0.25) is 0 Å². The fourth-order valence-electron chi connectivity index (χ4n) is 2.53. The first-order chi connectivity index (χ1) is 10.7. The molecule has 8 nitrogen and oxygen atoms in total. The second-order valence-electron chi connectivity index (χ2n) is 6.49. The van der Waals surface area contributed by atoms with Crippen LogP contribution < -0.4 is 5.32 Å². The summed E-state index contributed by atoms with van der Waals surface area (Å²) in [4.78, 5) is 26.1. The number of nitrogens with one attached hydrogen (secondary N) is 1. The average molecular weight is 324 g/mol. The van der Waals surface area contributed by atoms with E-state index in [0.717, 1.165) is 0 Å². The maximum Gasteiger partial charge on any atom is 0.410 e. The first-order valence-electron chi connectivity index (χ1n) is 7.55. The van der Waals surface area contributed by atoms with E-state index in [0.29, 0.717) is 25.2 Å². The summed E-state index contributed by atoms with van der Waals surface area (Å²) in [5, 5.41) is 7.40. The highest BCUT2D eigenvalue weighted by atomic mass is 16.6. The number of ether oxygens (including phenoxy) is 2. The van der Waals surface area contributed by atoms with Gasteiger partial charge in [-0.25, -0.2) is 9.59 Å². The quantitative estimate of drug-likeness (QED) is 0.820. The highest BCUT2D eigenvalue weighted by Gasteiger charge is 2.35. The molecular formula is C15H24N4O4. The van der Waals surface area contributed by atoms with Crippen LogP contribution in [0.4, 0.5) is 4.79 Å². The van der Waals surface area contributed by atoms with Crippen LogP contribution in [0, 0.1) is 0 Å². The van der Waals surface area contributed by atoms with Gasteiger partial charge in [0.15, 0.2) is 5.69 Å². The first-order valence-corrected chi connectivity index (χ1v) is 7.55. The second kappa shape index (κ2) is 6.57. The number of hydrogen-bond acceptors (Lipinski definition) is 6. The molecule has 1 saturated heterocycles. The lowest BCUT2D eigenvalue weighted by Crippen LogP contribution is -2.50. The van der Waals surface area contributed by atoms with Crippen molar-refractivity contribution in [2.45, 2.75) is 32.4 Å². The van der Waals surface area contributed by atoms with Gasteiger partial charge < -0.3 is 14.8 Å². The van der Waals surface area contributed by atoms with Gasteiger partial charge in [0.1, 0.15) is 5.60 Å². The molecule has 0 aromatic carbocycles. The Morgan fingerprint density at radius 3 is 2.70 bits per heavy atom. The van der Waals surface area contributed by atoms with Crippen LogP contribution in [0.5, 0.6) is 0 Å². The van der Waals surface area contributed by atoms with Crippen molar-refractivity contribution < 1.29 is 19.1 Å². The SMILES string of the molecule is COC(=O)c1nn(C)cc1C1CNCCN1C(=O)OC(C)(C)C. The Labute approximate surface area is 135 Å². The molecule has 23 heavy (non-hydrogen) atoms. The maximum atomic E-state index is 12.5. The lowest BCUT2D eigenvalue weighted by atomic mass is 10.0. The van der Waals surface area contributed by atoms with Gasteiger partial charge in [0.2, 0.25) is 0 Å². The Bertz CT molecular complexity index is 591. The smallest absolute Gasteiger partial charge is 0.410 e. The third-order valence-electron chi connectivity index (χ3n) is 3.47. The molecule has 2 heterocycles. The summed E-state index contributed by atoms with van der Waals surface area (Å²) in [7, 11) is 3.04. The molecule has 1 aromatic heterocycles. The normalized spacial score (nSPS) is 18.7. The van der Waals surface area contributed by atoms with Crippen LogP contribution in [0.25, 0.3) is 0 Å². The molecule has 0 bridgehead atoms. The van der Waals surface area contributed by atoms with Gasteiger partial charge in [0, 0.05) is 38.4 Å². The zero-order valence-corrected chi connectivity index (χ0v) is 14.3. The van der Waals surface area contributed by atoms with Crippen molar-refractivity contribution in [3.8, 4) is 0 Å². The van der Waals surface area contributed by atoms with E-state index in [1.165, 1.54) is 7.11 Å². The van der Waals surface area contributed by atoms with E-state index in [-0.39, 0.29) is 11.7 Å². The number of aromatic nitrogens is 2. The summed E-state index contributed by atoms with van der Waals surface area (Å²) in [6.45, 7) is 7.16. The summed E-state index contributed by atoms with van der Waals surface area (Å²) in [6, 6.07) is -0.332. The number of esters is 1. The third-order valence-corrected chi connectivity index (χ3v) is 3.47. The van der Waals surface area contributed by atoms with Crippen molar-refractivity contribution in [1.29, 1.82) is 0 Å². The Morgan fingerprint density at radius 1 is 1.39 bits per heavy atom. The van der Waals surface area contributed by atoms with Gasteiger partial charge in [-0.15, -0.1) is 0 Å². The summed E-state index contributed by atoms with van der Waals surface area (Å²) < 4.78 is 11.8. The summed E-state index contributed by atoms with van der Waals surface area (Å²) in [5.74, 6) is -0.518. The monoisotopic (exact) mass is 324 g/mol. The van der Waals surface area contributed by atoms with Crippen LogP contribution in [0.3, 0.4) is 0 Å². The van der Waals surface area contributed by atoms with E-state index < -0.39 is 17.7 Å². The molecule has 1 amide bonds. The topological polar surface area (TPSA) is 85.7 Å². The minimum atomic E-state index is -0.577. The van der Waals surface area contributed by atoms with Crippen LogP contribution >= 0.6 is 0 Å². The van der Waals surface area contributed by atoms with Gasteiger partial charge >= 0.3 is 12.1 Å².